The molecular formula is C18H19NO5. The van der Waals surface area contributed by atoms with Gasteiger partial charge in [-0.05, 0) is 16.7 Å². The summed E-state index contributed by atoms with van der Waals surface area (Å²) in [5.74, 6) is -2.19. The summed E-state index contributed by atoms with van der Waals surface area (Å²) in [5, 5.41) is 20.7. The molecule has 0 heterocycles. The fraction of sp³-hybridized carbons (Fsp3) is 0.222. The fourth-order valence-corrected chi connectivity index (χ4v) is 2.24. The summed E-state index contributed by atoms with van der Waals surface area (Å²) in [4.78, 5) is 22.7. The van der Waals surface area contributed by atoms with Crippen LogP contribution in [0.15, 0.2) is 54.6 Å². The van der Waals surface area contributed by atoms with Crippen LogP contribution in [0.5, 0.6) is 0 Å². The molecule has 0 aliphatic heterocycles. The second-order valence-corrected chi connectivity index (χ2v) is 5.22. The van der Waals surface area contributed by atoms with Crippen molar-refractivity contribution >= 4 is 11.9 Å². The zero-order valence-electron chi connectivity index (χ0n) is 13.2. The molecule has 24 heavy (non-hydrogen) atoms. The fourth-order valence-electron chi connectivity index (χ4n) is 2.24. The van der Waals surface area contributed by atoms with E-state index in [4.69, 9.17) is 9.84 Å². The lowest BCUT2D eigenvalue weighted by Crippen LogP contribution is -2.46. The van der Waals surface area contributed by atoms with Crippen LogP contribution in [0.3, 0.4) is 0 Å². The molecule has 126 valence electrons. The molecule has 0 aliphatic carbocycles. The van der Waals surface area contributed by atoms with Gasteiger partial charge in [0.1, 0.15) is 0 Å². The standard InChI is InChI=1S/C18H19NO5/c1-24-16(15(20)18(22)23)17(21)19-11-12-7-9-14(10-8-12)13-5-3-2-4-6-13/h2-10,15-16,20H,11H2,1H3,(H,19,21)(H,22,23)/t15-,16-/m1/s1. The zero-order valence-corrected chi connectivity index (χ0v) is 13.2. The van der Waals surface area contributed by atoms with Crippen molar-refractivity contribution in [3.63, 3.8) is 0 Å². The molecule has 0 aliphatic rings. The van der Waals surface area contributed by atoms with Crippen LogP contribution in [0.25, 0.3) is 11.1 Å². The summed E-state index contributed by atoms with van der Waals surface area (Å²) in [6, 6.07) is 17.5. The summed E-state index contributed by atoms with van der Waals surface area (Å²) in [5.41, 5.74) is 3.00. The molecule has 2 rings (SSSR count). The number of aliphatic hydroxyl groups is 1. The van der Waals surface area contributed by atoms with E-state index in [0.29, 0.717) is 0 Å². The first-order valence-corrected chi connectivity index (χ1v) is 7.38. The molecule has 0 fully saturated rings. The molecule has 2 aromatic carbocycles. The van der Waals surface area contributed by atoms with Crippen LogP contribution in [0, 0.1) is 0 Å². The first-order chi connectivity index (χ1) is 11.5. The van der Waals surface area contributed by atoms with Crippen molar-refractivity contribution in [3.8, 4) is 11.1 Å². The number of hydrogen-bond donors (Lipinski definition) is 3. The molecule has 0 saturated carbocycles. The van der Waals surface area contributed by atoms with Gasteiger partial charge in [0.15, 0.2) is 12.2 Å². The number of aliphatic carboxylic acids is 1. The van der Waals surface area contributed by atoms with E-state index in [1.165, 1.54) is 7.11 Å². The number of ether oxygens (including phenoxy) is 1. The van der Waals surface area contributed by atoms with Gasteiger partial charge in [-0.2, -0.15) is 0 Å². The van der Waals surface area contributed by atoms with Crippen LogP contribution >= 0.6 is 0 Å². The molecule has 1 amide bonds. The average molecular weight is 329 g/mol. The molecular weight excluding hydrogens is 310 g/mol. The second-order valence-electron chi connectivity index (χ2n) is 5.22. The second kappa shape index (κ2) is 8.24. The van der Waals surface area contributed by atoms with Gasteiger partial charge in [0.2, 0.25) is 0 Å². The highest BCUT2D eigenvalue weighted by atomic mass is 16.5. The van der Waals surface area contributed by atoms with E-state index in [-0.39, 0.29) is 6.54 Å². The maximum atomic E-state index is 11.9. The highest BCUT2D eigenvalue weighted by Gasteiger charge is 2.31. The van der Waals surface area contributed by atoms with E-state index in [2.05, 4.69) is 5.32 Å². The van der Waals surface area contributed by atoms with Gasteiger partial charge in [-0.15, -0.1) is 0 Å². The van der Waals surface area contributed by atoms with Gasteiger partial charge < -0.3 is 20.3 Å². The molecule has 0 unspecified atom stereocenters. The summed E-state index contributed by atoms with van der Waals surface area (Å²) in [6.45, 7) is 0.208. The highest BCUT2D eigenvalue weighted by molar-refractivity contribution is 5.87. The number of rotatable bonds is 7. The van der Waals surface area contributed by atoms with E-state index in [9.17, 15) is 14.7 Å². The predicted octanol–water partition coefficient (Wildman–Crippen LogP) is 1.43. The molecule has 3 N–H and O–H groups in total. The number of benzene rings is 2. The van der Waals surface area contributed by atoms with Crippen molar-refractivity contribution in [2.24, 2.45) is 0 Å². The number of methoxy groups -OCH3 is 1. The Morgan fingerprint density at radius 2 is 1.62 bits per heavy atom. The Bertz CT molecular complexity index is 684. The van der Waals surface area contributed by atoms with Crippen LogP contribution in [0.1, 0.15) is 5.56 Å². The molecule has 6 heteroatoms. The summed E-state index contributed by atoms with van der Waals surface area (Å²) < 4.78 is 4.76. The molecule has 0 saturated heterocycles. The third-order valence-electron chi connectivity index (χ3n) is 3.58. The summed E-state index contributed by atoms with van der Waals surface area (Å²) in [6.07, 6.45) is -3.36. The zero-order chi connectivity index (χ0) is 17.5. The van der Waals surface area contributed by atoms with Gasteiger partial charge in [0, 0.05) is 13.7 Å². The summed E-state index contributed by atoms with van der Waals surface area (Å²) in [7, 11) is 1.17. The Kier molecular flexibility index (Phi) is 6.06. The van der Waals surface area contributed by atoms with E-state index in [1.54, 1.807) is 0 Å². The third kappa shape index (κ3) is 4.41. The van der Waals surface area contributed by atoms with Crippen molar-refractivity contribution in [1.29, 1.82) is 0 Å². The Labute approximate surface area is 139 Å². The smallest absolute Gasteiger partial charge is 0.335 e. The topological polar surface area (TPSA) is 95.9 Å². The lowest BCUT2D eigenvalue weighted by Gasteiger charge is -2.17. The average Bonchev–Trinajstić information content (AvgIpc) is 2.61. The first kappa shape index (κ1) is 17.7. The third-order valence-corrected chi connectivity index (χ3v) is 3.58. The number of carbonyl (C=O) groups is 2. The van der Waals surface area contributed by atoms with Crippen LogP contribution in [-0.2, 0) is 20.9 Å². The Hall–Kier alpha value is -2.70. The van der Waals surface area contributed by atoms with Crippen LogP contribution < -0.4 is 5.32 Å². The minimum Gasteiger partial charge on any atom is -0.479 e. The molecule has 0 bridgehead atoms. The number of aliphatic hydroxyl groups excluding tert-OH is 1. The minimum atomic E-state index is -1.91. The van der Waals surface area contributed by atoms with Crippen LogP contribution in [-0.4, -0.2) is 41.4 Å². The van der Waals surface area contributed by atoms with Gasteiger partial charge in [-0.1, -0.05) is 54.6 Å². The number of carbonyl (C=O) groups excluding carboxylic acids is 1. The molecule has 0 spiro atoms. The SMILES string of the molecule is CO[C@@H](C(=O)NCc1ccc(-c2ccccc2)cc1)[C@@H](O)C(=O)O. The minimum absolute atomic E-state index is 0.208. The molecule has 6 nitrogen and oxygen atoms in total. The number of amides is 1. The molecule has 2 aromatic rings. The quantitative estimate of drug-likeness (QED) is 0.714. The maximum Gasteiger partial charge on any atom is 0.335 e. The van der Waals surface area contributed by atoms with Gasteiger partial charge in [0.25, 0.3) is 5.91 Å². The lowest BCUT2D eigenvalue weighted by molar-refractivity contribution is -0.160. The van der Waals surface area contributed by atoms with E-state index in [1.807, 2.05) is 54.6 Å². The van der Waals surface area contributed by atoms with Crippen molar-refractivity contribution in [1.82, 2.24) is 5.32 Å². The van der Waals surface area contributed by atoms with Crippen LogP contribution in [0.2, 0.25) is 0 Å². The Morgan fingerprint density at radius 3 is 2.17 bits per heavy atom. The van der Waals surface area contributed by atoms with Gasteiger partial charge in [-0.3, -0.25) is 4.79 Å². The summed E-state index contributed by atoms with van der Waals surface area (Å²) >= 11 is 0. The van der Waals surface area contributed by atoms with Crippen molar-refractivity contribution in [3.05, 3.63) is 60.2 Å². The van der Waals surface area contributed by atoms with E-state index < -0.39 is 24.1 Å². The van der Waals surface area contributed by atoms with Crippen molar-refractivity contribution in [2.45, 2.75) is 18.8 Å². The number of hydrogen-bond acceptors (Lipinski definition) is 4. The highest BCUT2D eigenvalue weighted by Crippen LogP contribution is 2.19. The predicted molar refractivity (Wildman–Crippen MR) is 88.2 cm³/mol. The molecule has 0 aromatic heterocycles. The van der Waals surface area contributed by atoms with E-state index in [0.717, 1.165) is 16.7 Å². The van der Waals surface area contributed by atoms with E-state index >= 15 is 0 Å². The van der Waals surface area contributed by atoms with Crippen LogP contribution in [0.4, 0.5) is 0 Å². The number of nitrogens with one attached hydrogen (secondary N) is 1. The number of carboxylic acid groups (broad SMARTS) is 1. The largest absolute Gasteiger partial charge is 0.479 e. The van der Waals surface area contributed by atoms with Gasteiger partial charge in [-0.25, -0.2) is 4.79 Å². The van der Waals surface area contributed by atoms with Gasteiger partial charge in [0.05, 0.1) is 0 Å². The molecule has 0 radical (unpaired) electrons. The Morgan fingerprint density at radius 1 is 1.04 bits per heavy atom. The monoisotopic (exact) mass is 329 g/mol. The van der Waals surface area contributed by atoms with Crippen molar-refractivity contribution < 1.29 is 24.5 Å². The van der Waals surface area contributed by atoms with Gasteiger partial charge >= 0.3 is 5.97 Å². The van der Waals surface area contributed by atoms with Crippen molar-refractivity contribution in [2.75, 3.05) is 7.11 Å². The maximum absolute atomic E-state index is 11.9. The molecule has 2 atom stereocenters. The normalized spacial score (nSPS) is 13.1. The Balaban J connectivity index is 1.97. The number of carboxylic acids is 1. The first-order valence-electron chi connectivity index (χ1n) is 7.38. The lowest BCUT2D eigenvalue weighted by atomic mass is 10.0.